The Balaban J connectivity index is 2.10. The van der Waals surface area contributed by atoms with Crippen LogP contribution < -0.4 is 0 Å². The molecule has 0 atom stereocenters. The fourth-order valence-corrected chi connectivity index (χ4v) is 2.60. The molecule has 1 aliphatic rings. The lowest BCUT2D eigenvalue weighted by molar-refractivity contribution is 0.397. The minimum atomic E-state index is 0.670. The lowest BCUT2D eigenvalue weighted by atomic mass is 9.95. The van der Waals surface area contributed by atoms with Crippen molar-refractivity contribution < 1.29 is 4.52 Å². The Hall–Kier alpha value is -0.310. The average molecular weight is 244 g/mol. The molecule has 0 N–H and O–H groups in total. The highest BCUT2D eigenvalue weighted by Crippen LogP contribution is 2.35. The molecule has 0 aliphatic heterocycles. The summed E-state index contributed by atoms with van der Waals surface area (Å²) in [5, 5.41) is 3.81. The Labute approximate surface area is 86.8 Å². The van der Waals surface area contributed by atoms with Crippen LogP contribution in [0.4, 0.5) is 0 Å². The summed E-state index contributed by atoms with van der Waals surface area (Å²) in [4.78, 5) is 0. The zero-order valence-electron chi connectivity index (χ0n) is 7.63. The summed E-state index contributed by atoms with van der Waals surface area (Å²) in [7, 11) is 0. The Kier molecular flexibility index (Phi) is 3.04. The molecule has 0 amide bonds. The number of aromatic nitrogens is 1. The van der Waals surface area contributed by atoms with Gasteiger partial charge in [0.25, 0.3) is 0 Å². The molecule has 1 aliphatic carbocycles. The van der Waals surface area contributed by atoms with Gasteiger partial charge in [0.1, 0.15) is 0 Å². The van der Waals surface area contributed by atoms with Crippen molar-refractivity contribution >= 4 is 15.9 Å². The predicted octanol–water partition coefficient (Wildman–Crippen LogP) is 3.87. The molecule has 1 fully saturated rings. The molecular formula is C10H14BrNO. The third-order valence-electron chi connectivity index (χ3n) is 2.85. The van der Waals surface area contributed by atoms with Crippen LogP contribution in [-0.4, -0.2) is 5.16 Å². The summed E-state index contributed by atoms with van der Waals surface area (Å²) >= 11 is 3.40. The van der Waals surface area contributed by atoms with E-state index in [2.05, 4.69) is 21.1 Å². The van der Waals surface area contributed by atoms with Gasteiger partial charge in [-0.1, -0.05) is 30.8 Å². The first-order chi connectivity index (χ1) is 6.38. The van der Waals surface area contributed by atoms with Crippen LogP contribution in [0, 0.1) is 0 Å². The molecule has 1 heterocycles. The SMILES string of the molecule is Brc1oncc1C1CCCCCC1. The van der Waals surface area contributed by atoms with E-state index in [0.717, 1.165) is 4.67 Å². The molecule has 3 heteroatoms. The molecular weight excluding hydrogens is 230 g/mol. The van der Waals surface area contributed by atoms with Gasteiger partial charge in [-0.3, -0.25) is 0 Å². The second kappa shape index (κ2) is 4.27. The molecule has 2 nitrogen and oxygen atoms in total. The first-order valence-electron chi connectivity index (χ1n) is 4.98. The van der Waals surface area contributed by atoms with E-state index >= 15 is 0 Å². The second-order valence-corrected chi connectivity index (χ2v) is 4.46. The topological polar surface area (TPSA) is 26.0 Å². The predicted molar refractivity (Wildman–Crippen MR) is 54.6 cm³/mol. The van der Waals surface area contributed by atoms with E-state index < -0.39 is 0 Å². The van der Waals surface area contributed by atoms with E-state index in [0.29, 0.717) is 5.92 Å². The van der Waals surface area contributed by atoms with Crippen molar-refractivity contribution in [3.05, 3.63) is 16.4 Å². The number of rotatable bonds is 1. The fourth-order valence-electron chi connectivity index (χ4n) is 2.09. The molecule has 2 rings (SSSR count). The van der Waals surface area contributed by atoms with Crippen LogP contribution in [0.3, 0.4) is 0 Å². The van der Waals surface area contributed by atoms with Gasteiger partial charge in [-0.05, 0) is 34.7 Å². The standard InChI is InChI=1S/C10H14BrNO/c11-10-9(7-12-13-10)8-5-3-1-2-4-6-8/h7-8H,1-6H2. The average Bonchev–Trinajstić information content (AvgIpc) is 2.43. The van der Waals surface area contributed by atoms with Gasteiger partial charge in [-0.25, -0.2) is 0 Å². The molecule has 72 valence electrons. The van der Waals surface area contributed by atoms with Gasteiger partial charge >= 0.3 is 0 Å². The van der Waals surface area contributed by atoms with E-state index in [1.54, 1.807) is 0 Å². The molecule has 0 saturated heterocycles. The van der Waals surface area contributed by atoms with Gasteiger partial charge in [0.05, 0.1) is 6.20 Å². The minimum absolute atomic E-state index is 0.670. The molecule has 0 aromatic carbocycles. The van der Waals surface area contributed by atoms with Gasteiger partial charge in [0.2, 0.25) is 4.67 Å². The first kappa shape index (κ1) is 9.25. The van der Waals surface area contributed by atoms with Crippen molar-refractivity contribution in [3.8, 4) is 0 Å². The van der Waals surface area contributed by atoms with Crippen LogP contribution >= 0.6 is 15.9 Å². The van der Waals surface area contributed by atoms with Gasteiger partial charge in [0, 0.05) is 5.56 Å². The molecule has 1 saturated carbocycles. The summed E-state index contributed by atoms with van der Waals surface area (Å²) in [5.41, 5.74) is 1.27. The van der Waals surface area contributed by atoms with Crippen molar-refractivity contribution in [1.29, 1.82) is 0 Å². The van der Waals surface area contributed by atoms with E-state index in [1.807, 2.05) is 6.20 Å². The maximum atomic E-state index is 5.03. The highest BCUT2D eigenvalue weighted by Gasteiger charge is 2.18. The quantitative estimate of drug-likeness (QED) is 0.700. The van der Waals surface area contributed by atoms with Crippen molar-refractivity contribution in [2.75, 3.05) is 0 Å². The summed E-state index contributed by atoms with van der Waals surface area (Å²) < 4.78 is 5.86. The molecule has 0 radical (unpaired) electrons. The fraction of sp³-hybridized carbons (Fsp3) is 0.700. The van der Waals surface area contributed by atoms with Gasteiger partial charge in [-0.2, -0.15) is 0 Å². The lowest BCUT2D eigenvalue weighted by Gasteiger charge is -2.10. The van der Waals surface area contributed by atoms with Crippen LogP contribution in [0.2, 0.25) is 0 Å². The van der Waals surface area contributed by atoms with Gasteiger partial charge in [0.15, 0.2) is 0 Å². The highest BCUT2D eigenvalue weighted by atomic mass is 79.9. The maximum absolute atomic E-state index is 5.03. The third-order valence-corrected chi connectivity index (χ3v) is 3.45. The molecule has 1 aromatic rings. The summed E-state index contributed by atoms with van der Waals surface area (Å²) in [6, 6.07) is 0. The Bertz CT molecular complexity index is 264. The van der Waals surface area contributed by atoms with Gasteiger partial charge in [-0.15, -0.1) is 0 Å². The van der Waals surface area contributed by atoms with Gasteiger partial charge < -0.3 is 4.52 Å². The van der Waals surface area contributed by atoms with E-state index in [4.69, 9.17) is 4.52 Å². The lowest BCUT2D eigenvalue weighted by Crippen LogP contribution is -1.95. The molecule has 13 heavy (non-hydrogen) atoms. The number of hydrogen-bond donors (Lipinski definition) is 0. The zero-order chi connectivity index (χ0) is 9.10. The van der Waals surface area contributed by atoms with Crippen molar-refractivity contribution in [1.82, 2.24) is 5.16 Å². The van der Waals surface area contributed by atoms with E-state index in [9.17, 15) is 0 Å². The number of halogens is 1. The molecule has 0 spiro atoms. The second-order valence-electron chi connectivity index (χ2n) is 3.74. The first-order valence-corrected chi connectivity index (χ1v) is 5.77. The maximum Gasteiger partial charge on any atom is 0.205 e. The van der Waals surface area contributed by atoms with Crippen LogP contribution in [0.15, 0.2) is 15.4 Å². The number of hydrogen-bond acceptors (Lipinski definition) is 2. The van der Waals surface area contributed by atoms with E-state index in [-0.39, 0.29) is 0 Å². The Morgan fingerprint density at radius 3 is 2.46 bits per heavy atom. The van der Waals surface area contributed by atoms with Crippen molar-refractivity contribution in [2.24, 2.45) is 0 Å². The third kappa shape index (κ3) is 2.13. The Morgan fingerprint density at radius 1 is 1.23 bits per heavy atom. The van der Waals surface area contributed by atoms with Crippen molar-refractivity contribution in [3.63, 3.8) is 0 Å². The van der Waals surface area contributed by atoms with Crippen LogP contribution in [-0.2, 0) is 0 Å². The van der Waals surface area contributed by atoms with Crippen LogP contribution in [0.5, 0.6) is 0 Å². The largest absolute Gasteiger partial charge is 0.349 e. The minimum Gasteiger partial charge on any atom is -0.349 e. The number of nitrogens with zero attached hydrogens (tertiary/aromatic N) is 1. The molecule has 0 bridgehead atoms. The Morgan fingerprint density at radius 2 is 1.92 bits per heavy atom. The molecule has 1 aromatic heterocycles. The van der Waals surface area contributed by atoms with Crippen LogP contribution in [0.1, 0.15) is 50.0 Å². The summed E-state index contributed by atoms with van der Waals surface area (Å²) in [5.74, 6) is 0.670. The smallest absolute Gasteiger partial charge is 0.205 e. The monoisotopic (exact) mass is 243 g/mol. The summed E-state index contributed by atoms with van der Waals surface area (Å²) in [6.07, 6.45) is 9.92. The summed E-state index contributed by atoms with van der Waals surface area (Å²) in [6.45, 7) is 0. The van der Waals surface area contributed by atoms with E-state index in [1.165, 1.54) is 44.1 Å². The zero-order valence-corrected chi connectivity index (χ0v) is 9.22. The highest BCUT2D eigenvalue weighted by molar-refractivity contribution is 9.10. The van der Waals surface area contributed by atoms with Crippen molar-refractivity contribution in [2.45, 2.75) is 44.4 Å². The normalized spacial score (nSPS) is 20.1. The van der Waals surface area contributed by atoms with Crippen LogP contribution in [0.25, 0.3) is 0 Å². The molecule has 0 unspecified atom stereocenters.